The molecule has 4 nitrogen and oxygen atoms in total. The molecule has 0 spiro atoms. The second-order valence-corrected chi connectivity index (χ2v) is 4.25. The van der Waals surface area contributed by atoms with Crippen molar-refractivity contribution < 1.29 is 15.0 Å². The number of hydrogen-bond acceptors (Lipinski definition) is 3. The van der Waals surface area contributed by atoms with Gasteiger partial charge in [-0.25, -0.2) is 0 Å². The maximum atomic E-state index is 10.9. The summed E-state index contributed by atoms with van der Waals surface area (Å²) >= 11 is 0. The summed E-state index contributed by atoms with van der Waals surface area (Å²) in [6.45, 7) is 0.877. The second-order valence-electron chi connectivity index (χ2n) is 4.25. The van der Waals surface area contributed by atoms with Gasteiger partial charge >= 0.3 is 5.97 Å². The fourth-order valence-corrected chi connectivity index (χ4v) is 1.78. The van der Waals surface area contributed by atoms with E-state index in [1.165, 1.54) is 0 Å². The molecule has 4 heteroatoms. The molecule has 0 aliphatic carbocycles. The molecule has 0 heterocycles. The minimum Gasteiger partial charge on any atom is -0.481 e. The van der Waals surface area contributed by atoms with Crippen molar-refractivity contribution in [3.8, 4) is 0 Å². The van der Waals surface area contributed by atoms with Crippen LogP contribution in [0.1, 0.15) is 51.4 Å². The largest absolute Gasteiger partial charge is 0.481 e. The first-order valence-corrected chi connectivity index (χ1v) is 6.26. The molecule has 1 atom stereocenters. The summed E-state index contributed by atoms with van der Waals surface area (Å²) in [5.41, 5.74) is 5.37. The highest BCUT2D eigenvalue weighted by Gasteiger charge is 2.15. The normalized spacial score (nSPS) is 12.6. The van der Waals surface area contributed by atoms with Crippen LogP contribution in [0.4, 0.5) is 0 Å². The van der Waals surface area contributed by atoms with Gasteiger partial charge in [-0.05, 0) is 32.2 Å². The van der Waals surface area contributed by atoms with Gasteiger partial charge in [-0.1, -0.05) is 25.7 Å². The van der Waals surface area contributed by atoms with E-state index in [1.54, 1.807) is 0 Å². The SMILES string of the molecule is NCCCCC(CCCCCCO)C(=O)O. The lowest BCUT2D eigenvalue weighted by Gasteiger charge is -2.11. The van der Waals surface area contributed by atoms with Crippen molar-refractivity contribution in [1.29, 1.82) is 0 Å². The van der Waals surface area contributed by atoms with E-state index in [0.717, 1.165) is 51.4 Å². The van der Waals surface area contributed by atoms with Crippen LogP contribution < -0.4 is 5.73 Å². The van der Waals surface area contributed by atoms with Crippen LogP contribution in [-0.2, 0) is 4.79 Å². The number of aliphatic hydroxyl groups is 1. The molecule has 0 aromatic heterocycles. The van der Waals surface area contributed by atoms with Gasteiger partial charge < -0.3 is 15.9 Å². The molecule has 0 saturated carbocycles. The highest BCUT2D eigenvalue weighted by Crippen LogP contribution is 2.17. The number of aliphatic carboxylic acids is 1. The lowest BCUT2D eigenvalue weighted by Crippen LogP contribution is -2.14. The minimum atomic E-state index is -0.681. The Balaban J connectivity index is 3.56. The lowest BCUT2D eigenvalue weighted by molar-refractivity contribution is -0.142. The Bertz CT molecular complexity index is 174. The quantitative estimate of drug-likeness (QED) is 0.473. The number of unbranched alkanes of at least 4 members (excludes halogenated alkanes) is 4. The van der Waals surface area contributed by atoms with E-state index in [9.17, 15) is 4.79 Å². The van der Waals surface area contributed by atoms with Crippen LogP contribution >= 0.6 is 0 Å². The molecular weight excluding hydrogens is 206 g/mol. The molecule has 96 valence electrons. The number of carboxylic acid groups (broad SMARTS) is 1. The van der Waals surface area contributed by atoms with Crippen molar-refractivity contribution in [2.75, 3.05) is 13.2 Å². The molecular formula is C12H25NO3. The molecule has 0 amide bonds. The Morgan fingerprint density at radius 2 is 1.56 bits per heavy atom. The van der Waals surface area contributed by atoms with Gasteiger partial charge in [0.2, 0.25) is 0 Å². The van der Waals surface area contributed by atoms with Crippen LogP contribution in [0.5, 0.6) is 0 Å². The average molecular weight is 231 g/mol. The van der Waals surface area contributed by atoms with Crippen LogP contribution in [0.15, 0.2) is 0 Å². The Morgan fingerprint density at radius 1 is 1.00 bits per heavy atom. The highest BCUT2D eigenvalue weighted by atomic mass is 16.4. The molecule has 0 rings (SSSR count). The molecule has 0 aliphatic heterocycles. The summed E-state index contributed by atoms with van der Waals surface area (Å²) in [7, 11) is 0. The smallest absolute Gasteiger partial charge is 0.306 e. The van der Waals surface area contributed by atoms with E-state index in [4.69, 9.17) is 15.9 Å². The standard InChI is InChI=1S/C12H25NO3/c13-9-5-4-8-11(12(15)16)7-3-1-2-6-10-14/h11,14H,1-10,13H2,(H,15,16). The van der Waals surface area contributed by atoms with Crippen LogP contribution in [-0.4, -0.2) is 29.3 Å². The third kappa shape index (κ3) is 8.68. The summed E-state index contributed by atoms with van der Waals surface area (Å²) in [4.78, 5) is 10.9. The summed E-state index contributed by atoms with van der Waals surface area (Å²) in [5.74, 6) is -0.889. The van der Waals surface area contributed by atoms with E-state index in [1.807, 2.05) is 0 Å². The Morgan fingerprint density at radius 3 is 2.06 bits per heavy atom. The van der Waals surface area contributed by atoms with E-state index < -0.39 is 5.97 Å². The molecule has 16 heavy (non-hydrogen) atoms. The lowest BCUT2D eigenvalue weighted by atomic mass is 9.95. The second kappa shape index (κ2) is 10.9. The number of aliphatic hydroxyl groups excluding tert-OH is 1. The zero-order valence-electron chi connectivity index (χ0n) is 10.0. The van der Waals surface area contributed by atoms with Gasteiger partial charge in [0.25, 0.3) is 0 Å². The van der Waals surface area contributed by atoms with E-state index >= 15 is 0 Å². The van der Waals surface area contributed by atoms with E-state index in [0.29, 0.717) is 6.54 Å². The molecule has 0 aliphatic rings. The fraction of sp³-hybridized carbons (Fsp3) is 0.917. The summed E-state index contributed by atoms with van der Waals surface area (Å²) in [6, 6.07) is 0. The van der Waals surface area contributed by atoms with Crippen molar-refractivity contribution in [3.63, 3.8) is 0 Å². The molecule has 1 unspecified atom stereocenters. The number of carbonyl (C=O) groups is 1. The average Bonchev–Trinajstić information content (AvgIpc) is 2.26. The van der Waals surface area contributed by atoms with Crippen LogP contribution in [0.25, 0.3) is 0 Å². The highest BCUT2D eigenvalue weighted by molar-refractivity contribution is 5.69. The van der Waals surface area contributed by atoms with Crippen LogP contribution in [0, 0.1) is 5.92 Å². The van der Waals surface area contributed by atoms with Crippen molar-refractivity contribution in [1.82, 2.24) is 0 Å². The maximum absolute atomic E-state index is 10.9. The molecule has 0 fully saturated rings. The zero-order valence-corrected chi connectivity index (χ0v) is 10.0. The summed E-state index contributed by atoms with van der Waals surface area (Å²) in [6.07, 6.45) is 7.09. The third-order valence-corrected chi connectivity index (χ3v) is 2.82. The van der Waals surface area contributed by atoms with Crippen LogP contribution in [0.3, 0.4) is 0 Å². The van der Waals surface area contributed by atoms with Crippen LogP contribution in [0.2, 0.25) is 0 Å². The first kappa shape index (κ1) is 15.4. The third-order valence-electron chi connectivity index (χ3n) is 2.82. The van der Waals surface area contributed by atoms with Gasteiger partial charge in [0.1, 0.15) is 0 Å². The first-order valence-electron chi connectivity index (χ1n) is 6.26. The number of carboxylic acids is 1. The van der Waals surface area contributed by atoms with Crippen molar-refractivity contribution in [3.05, 3.63) is 0 Å². The van der Waals surface area contributed by atoms with Crippen molar-refractivity contribution >= 4 is 5.97 Å². The maximum Gasteiger partial charge on any atom is 0.306 e. The van der Waals surface area contributed by atoms with Crippen molar-refractivity contribution in [2.45, 2.75) is 51.4 Å². The first-order chi connectivity index (χ1) is 7.72. The molecule has 4 N–H and O–H groups in total. The van der Waals surface area contributed by atoms with Gasteiger partial charge in [-0.15, -0.1) is 0 Å². The molecule has 0 aromatic rings. The Kier molecular flexibility index (Phi) is 10.5. The van der Waals surface area contributed by atoms with E-state index in [2.05, 4.69) is 0 Å². The van der Waals surface area contributed by atoms with Gasteiger partial charge in [-0.2, -0.15) is 0 Å². The topological polar surface area (TPSA) is 83.5 Å². The summed E-state index contributed by atoms with van der Waals surface area (Å²) < 4.78 is 0. The van der Waals surface area contributed by atoms with Gasteiger partial charge in [0.15, 0.2) is 0 Å². The zero-order chi connectivity index (χ0) is 12.2. The Hall–Kier alpha value is -0.610. The minimum absolute atomic E-state index is 0.208. The summed E-state index contributed by atoms with van der Waals surface area (Å²) in [5, 5.41) is 17.6. The number of hydrogen-bond donors (Lipinski definition) is 3. The predicted molar refractivity (Wildman–Crippen MR) is 64.2 cm³/mol. The number of rotatable bonds is 11. The molecule has 0 aromatic carbocycles. The fourth-order valence-electron chi connectivity index (χ4n) is 1.78. The Labute approximate surface area is 97.8 Å². The predicted octanol–water partition coefficient (Wildman–Crippen LogP) is 1.76. The van der Waals surface area contributed by atoms with Crippen molar-refractivity contribution in [2.24, 2.45) is 11.7 Å². The monoisotopic (exact) mass is 231 g/mol. The number of nitrogens with two attached hydrogens (primary N) is 1. The van der Waals surface area contributed by atoms with E-state index in [-0.39, 0.29) is 12.5 Å². The molecule has 0 bridgehead atoms. The molecule has 0 radical (unpaired) electrons. The van der Waals surface area contributed by atoms with Gasteiger partial charge in [0, 0.05) is 6.61 Å². The molecule has 0 saturated heterocycles. The van der Waals surface area contributed by atoms with Gasteiger partial charge in [0.05, 0.1) is 5.92 Å². The van der Waals surface area contributed by atoms with Gasteiger partial charge in [-0.3, -0.25) is 4.79 Å².